The third-order valence-electron chi connectivity index (χ3n) is 5.84. The van der Waals surface area contributed by atoms with Gasteiger partial charge in [0.15, 0.2) is 0 Å². The number of nitrogens with one attached hydrogen (secondary N) is 2. The molecule has 0 atom stereocenters. The van der Waals surface area contributed by atoms with E-state index in [4.69, 9.17) is 0 Å². The zero-order valence-electron chi connectivity index (χ0n) is 15.1. The van der Waals surface area contributed by atoms with Gasteiger partial charge in [-0.3, -0.25) is 4.90 Å². The Morgan fingerprint density at radius 3 is 2.41 bits per heavy atom. The van der Waals surface area contributed by atoms with Gasteiger partial charge in [-0.15, -0.1) is 6.58 Å². The molecule has 3 nitrogen and oxygen atoms in total. The second-order valence-electron chi connectivity index (χ2n) is 8.43. The molecule has 1 heterocycles. The molecule has 0 unspecified atom stereocenters. The van der Waals surface area contributed by atoms with E-state index in [1.54, 1.807) is 0 Å². The molecule has 0 aromatic carbocycles. The monoisotopic (exact) mass is 307 g/mol. The summed E-state index contributed by atoms with van der Waals surface area (Å²) in [5.41, 5.74) is 0.776. The minimum atomic E-state index is 0.317. The van der Waals surface area contributed by atoms with Crippen molar-refractivity contribution in [3.05, 3.63) is 12.7 Å². The van der Waals surface area contributed by atoms with Crippen molar-refractivity contribution in [1.29, 1.82) is 0 Å². The molecule has 0 aromatic heterocycles. The van der Waals surface area contributed by atoms with Crippen LogP contribution in [-0.2, 0) is 0 Å². The van der Waals surface area contributed by atoms with Gasteiger partial charge in [-0.2, -0.15) is 0 Å². The van der Waals surface area contributed by atoms with Crippen LogP contribution < -0.4 is 10.6 Å². The molecule has 0 amide bonds. The molecule has 2 N–H and O–H groups in total. The maximum Gasteiger partial charge on any atom is 0.0216 e. The Morgan fingerprint density at radius 1 is 1.23 bits per heavy atom. The van der Waals surface area contributed by atoms with Gasteiger partial charge < -0.3 is 10.6 Å². The minimum Gasteiger partial charge on any atom is -0.314 e. The smallest absolute Gasteiger partial charge is 0.0216 e. The molecule has 0 bridgehead atoms. The zero-order chi connectivity index (χ0) is 16.1. The van der Waals surface area contributed by atoms with Crippen molar-refractivity contribution in [3.8, 4) is 0 Å². The SMILES string of the molecule is C=CCC1(NCCN2CCNCC2)CCC(C(C)(C)C)CC1. The predicted molar refractivity (Wildman–Crippen MR) is 96.3 cm³/mol. The van der Waals surface area contributed by atoms with Gasteiger partial charge in [-0.25, -0.2) is 0 Å². The summed E-state index contributed by atoms with van der Waals surface area (Å²) in [5, 5.41) is 7.35. The van der Waals surface area contributed by atoms with Crippen LogP contribution in [0, 0.1) is 11.3 Å². The van der Waals surface area contributed by atoms with Gasteiger partial charge in [0.2, 0.25) is 0 Å². The lowest BCUT2D eigenvalue weighted by molar-refractivity contribution is 0.111. The highest BCUT2D eigenvalue weighted by Crippen LogP contribution is 2.42. The fraction of sp³-hybridized carbons (Fsp3) is 0.895. The number of nitrogens with zero attached hydrogens (tertiary/aromatic N) is 1. The molecule has 0 aromatic rings. The molecule has 1 aliphatic heterocycles. The summed E-state index contributed by atoms with van der Waals surface area (Å²) in [5.74, 6) is 0.875. The summed E-state index contributed by atoms with van der Waals surface area (Å²) in [6, 6.07) is 0. The van der Waals surface area contributed by atoms with Gasteiger partial charge in [0.25, 0.3) is 0 Å². The zero-order valence-corrected chi connectivity index (χ0v) is 15.1. The Hall–Kier alpha value is -0.380. The molecule has 0 radical (unpaired) electrons. The van der Waals surface area contributed by atoms with Crippen LogP contribution in [0.4, 0.5) is 0 Å². The first-order chi connectivity index (χ1) is 10.5. The van der Waals surface area contributed by atoms with Crippen molar-refractivity contribution < 1.29 is 0 Å². The number of rotatable bonds is 6. The lowest BCUT2D eigenvalue weighted by Crippen LogP contribution is -2.52. The van der Waals surface area contributed by atoms with Crippen LogP contribution in [-0.4, -0.2) is 49.7 Å². The van der Waals surface area contributed by atoms with E-state index in [1.165, 1.54) is 45.3 Å². The van der Waals surface area contributed by atoms with E-state index < -0.39 is 0 Å². The molecule has 1 aliphatic carbocycles. The molecule has 0 spiro atoms. The molecule has 1 saturated heterocycles. The van der Waals surface area contributed by atoms with Crippen LogP contribution in [0.3, 0.4) is 0 Å². The third kappa shape index (κ3) is 5.07. The van der Waals surface area contributed by atoms with E-state index in [0.29, 0.717) is 11.0 Å². The average Bonchev–Trinajstić information content (AvgIpc) is 2.48. The topological polar surface area (TPSA) is 27.3 Å². The highest BCUT2D eigenvalue weighted by molar-refractivity contribution is 4.99. The Labute approximate surface area is 137 Å². The molecular weight excluding hydrogens is 270 g/mol. The average molecular weight is 308 g/mol. The van der Waals surface area contributed by atoms with Crippen LogP contribution in [0.15, 0.2) is 12.7 Å². The molecule has 2 aliphatic rings. The van der Waals surface area contributed by atoms with Gasteiger partial charge in [-0.1, -0.05) is 26.8 Å². The van der Waals surface area contributed by atoms with Crippen LogP contribution in [0.5, 0.6) is 0 Å². The van der Waals surface area contributed by atoms with Gasteiger partial charge in [0.05, 0.1) is 0 Å². The molecule has 2 fully saturated rings. The van der Waals surface area contributed by atoms with Crippen molar-refractivity contribution in [2.75, 3.05) is 39.3 Å². The maximum absolute atomic E-state index is 4.01. The number of hydrogen-bond acceptors (Lipinski definition) is 3. The Kier molecular flexibility index (Phi) is 6.48. The van der Waals surface area contributed by atoms with Crippen LogP contribution in [0.25, 0.3) is 0 Å². The van der Waals surface area contributed by atoms with Gasteiger partial charge in [-0.05, 0) is 43.4 Å². The van der Waals surface area contributed by atoms with E-state index in [-0.39, 0.29) is 0 Å². The van der Waals surface area contributed by atoms with E-state index >= 15 is 0 Å². The van der Waals surface area contributed by atoms with Crippen molar-refractivity contribution in [1.82, 2.24) is 15.5 Å². The standard InChI is InChI=1S/C19H37N3/c1-5-8-19(9-6-17(7-10-19)18(2,3)4)21-13-16-22-14-11-20-12-15-22/h5,17,20-21H,1,6-16H2,2-4H3. The molecule has 1 saturated carbocycles. The summed E-state index contributed by atoms with van der Waals surface area (Å²) in [4.78, 5) is 2.58. The van der Waals surface area contributed by atoms with Crippen LogP contribution >= 0.6 is 0 Å². The quantitative estimate of drug-likeness (QED) is 0.739. The van der Waals surface area contributed by atoms with E-state index in [2.05, 4.69) is 49.0 Å². The fourth-order valence-corrected chi connectivity index (χ4v) is 4.18. The predicted octanol–water partition coefficient (Wildman–Crippen LogP) is 3.03. The normalized spacial score (nSPS) is 31.1. The largest absolute Gasteiger partial charge is 0.314 e. The Balaban J connectivity index is 1.80. The summed E-state index contributed by atoms with van der Waals surface area (Å²) in [6.07, 6.45) is 8.57. The minimum absolute atomic E-state index is 0.317. The summed E-state index contributed by atoms with van der Waals surface area (Å²) in [7, 11) is 0. The van der Waals surface area contributed by atoms with Crippen molar-refractivity contribution in [2.45, 2.75) is 58.4 Å². The van der Waals surface area contributed by atoms with Crippen LogP contribution in [0.1, 0.15) is 52.9 Å². The van der Waals surface area contributed by atoms with Crippen molar-refractivity contribution in [2.24, 2.45) is 11.3 Å². The first kappa shape index (κ1) is 18.0. The number of piperazine rings is 1. The first-order valence-electron chi connectivity index (χ1n) is 9.24. The van der Waals surface area contributed by atoms with Crippen LogP contribution in [0.2, 0.25) is 0 Å². The summed E-state index contributed by atoms with van der Waals surface area (Å²) in [6.45, 7) is 18.2. The van der Waals surface area contributed by atoms with E-state index in [1.807, 2.05) is 0 Å². The molecule has 128 valence electrons. The lowest BCUT2D eigenvalue weighted by atomic mass is 9.66. The summed E-state index contributed by atoms with van der Waals surface area (Å²) >= 11 is 0. The Morgan fingerprint density at radius 2 is 1.86 bits per heavy atom. The second-order valence-corrected chi connectivity index (χ2v) is 8.43. The summed E-state index contributed by atoms with van der Waals surface area (Å²) < 4.78 is 0. The van der Waals surface area contributed by atoms with Gasteiger partial charge in [0, 0.05) is 44.8 Å². The van der Waals surface area contributed by atoms with Crippen molar-refractivity contribution in [3.63, 3.8) is 0 Å². The molecular formula is C19H37N3. The first-order valence-corrected chi connectivity index (χ1v) is 9.24. The molecule has 22 heavy (non-hydrogen) atoms. The van der Waals surface area contributed by atoms with Gasteiger partial charge in [0.1, 0.15) is 0 Å². The fourth-order valence-electron chi connectivity index (χ4n) is 4.18. The van der Waals surface area contributed by atoms with E-state index in [9.17, 15) is 0 Å². The molecule has 3 heteroatoms. The molecule has 2 rings (SSSR count). The lowest BCUT2D eigenvalue weighted by Gasteiger charge is -2.45. The second kappa shape index (κ2) is 7.94. The van der Waals surface area contributed by atoms with E-state index in [0.717, 1.165) is 32.0 Å². The Bertz CT molecular complexity index is 331. The van der Waals surface area contributed by atoms with Gasteiger partial charge >= 0.3 is 0 Å². The maximum atomic E-state index is 4.01. The highest BCUT2D eigenvalue weighted by atomic mass is 15.2. The third-order valence-corrected chi connectivity index (χ3v) is 5.84. The highest BCUT2D eigenvalue weighted by Gasteiger charge is 2.37. The number of hydrogen-bond donors (Lipinski definition) is 2. The van der Waals surface area contributed by atoms with Crippen molar-refractivity contribution >= 4 is 0 Å².